The molecule has 0 aromatic carbocycles. The van der Waals surface area contributed by atoms with Gasteiger partial charge in [0.15, 0.2) is 5.82 Å². The first-order valence-electron chi connectivity index (χ1n) is 5.41. The van der Waals surface area contributed by atoms with Crippen LogP contribution in [0.15, 0.2) is 18.3 Å². The lowest BCUT2D eigenvalue weighted by molar-refractivity contribution is 0.398. The van der Waals surface area contributed by atoms with Crippen LogP contribution in [0, 0.1) is 0 Å². The minimum Gasteiger partial charge on any atom is -0.481 e. The lowest BCUT2D eigenvalue weighted by atomic mass is 10.2. The number of fused-ring (bicyclic) bond motifs is 1. The molecule has 0 saturated carbocycles. The summed E-state index contributed by atoms with van der Waals surface area (Å²) in [5.74, 6) is 2.99. The van der Waals surface area contributed by atoms with E-state index >= 15 is 0 Å². The Hall–Kier alpha value is -1.33. The number of aromatic nitrogens is 3. The Bertz CT molecular complexity index is 589. The first-order valence-corrected chi connectivity index (χ1v) is 6.94. The van der Waals surface area contributed by atoms with Crippen molar-refractivity contribution >= 4 is 23.4 Å². The van der Waals surface area contributed by atoms with E-state index in [0.29, 0.717) is 16.9 Å². The summed E-state index contributed by atoms with van der Waals surface area (Å²) < 4.78 is 5.02. The molecule has 0 radical (unpaired) electrons. The Balaban J connectivity index is 2.03. The van der Waals surface area contributed by atoms with Gasteiger partial charge in [-0.3, -0.25) is 0 Å². The Morgan fingerprint density at radius 1 is 1.28 bits per heavy atom. The van der Waals surface area contributed by atoms with E-state index in [1.165, 1.54) is 0 Å². The zero-order valence-electron chi connectivity index (χ0n) is 9.68. The number of hydrogen-bond donors (Lipinski definition) is 0. The molecular weight excluding hydrogens is 270 g/mol. The second-order valence-corrected chi connectivity index (χ2v) is 5.19. The van der Waals surface area contributed by atoms with Crippen molar-refractivity contribution in [3.63, 3.8) is 0 Å². The summed E-state index contributed by atoms with van der Waals surface area (Å²) in [6, 6.07) is 3.67. The van der Waals surface area contributed by atoms with Crippen molar-refractivity contribution in [2.24, 2.45) is 0 Å². The van der Waals surface area contributed by atoms with Crippen molar-refractivity contribution < 1.29 is 4.74 Å². The van der Waals surface area contributed by atoms with Gasteiger partial charge in [0.25, 0.3) is 0 Å². The van der Waals surface area contributed by atoms with Crippen molar-refractivity contribution in [3.8, 4) is 17.3 Å². The van der Waals surface area contributed by atoms with Gasteiger partial charge in [-0.25, -0.2) is 15.0 Å². The lowest BCUT2D eigenvalue weighted by Crippen LogP contribution is -1.98. The molecule has 0 bridgehead atoms. The highest BCUT2D eigenvalue weighted by Crippen LogP contribution is 2.34. The van der Waals surface area contributed by atoms with E-state index < -0.39 is 0 Å². The Morgan fingerprint density at radius 2 is 2.17 bits per heavy atom. The normalized spacial score (nSPS) is 13.4. The van der Waals surface area contributed by atoms with Gasteiger partial charge in [-0.05, 0) is 6.07 Å². The summed E-state index contributed by atoms with van der Waals surface area (Å²) in [6.45, 7) is 0. The highest BCUT2D eigenvalue weighted by Gasteiger charge is 2.19. The van der Waals surface area contributed by atoms with Crippen LogP contribution in [-0.2, 0) is 11.5 Å². The Morgan fingerprint density at radius 3 is 2.89 bits per heavy atom. The third-order valence-electron chi connectivity index (χ3n) is 2.73. The summed E-state index contributed by atoms with van der Waals surface area (Å²) in [7, 11) is 1.59. The fourth-order valence-electron chi connectivity index (χ4n) is 1.77. The molecule has 92 valence electrons. The highest BCUT2D eigenvalue weighted by molar-refractivity contribution is 7.98. The molecule has 3 heterocycles. The van der Waals surface area contributed by atoms with E-state index in [1.54, 1.807) is 31.1 Å². The molecule has 1 aliphatic heterocycles. The topological polar surface area (TPSA) is 47.9 Å². The largest absolute Gasteiger partial charge is 0.481 e. The van der Waals surface area contributed by atoms with E-state index in [9.17, 15) is 0 Å². The van der Waals surface area contributed by atoms with Gasteiger partial charge in [-0.2, -0.15) is 11.8 Å². The molecule has 0 N–H and O–H groups in total. The van der Waals surface area contributed by atoms with Crippen molar-refractivity contribution in [1.29, 1.82) is 0 Å². The third-order valence-corrected chi connectivity index (χ3v) is 4.01. The summed E-state index contributed by atoms with van der Waals surface area (Å²) >= 11 is 7.98. The first-order chi connectivity index (χ1) is 8.78. The molecule has 0 atom stereocenters. The first kappa shape index (κ1) is 11.7. The minimum atomic E-state index is 0.552. The quantitative estimate of drug-likeness (QED) is 0.791. The molecule has 1 aliphatic rings. The van der Waals surface area contributed by atoms with Crippen LogP contribution in [0.3, 0.4) is 0 Å². The zero-order valence-corrected chi connectivity index (χ0v) is 11.3. The van der Waals surface area contributed by atoms with Crippen LogP contribution in [0.2, 0.25) is 5.15 Å². The van der Waals surface area contributed by atoms with E-state index in [2.05, 4.69) is 15.0 Å². The number of nitrogens with zero attached hydrogens (tertiary/aromatic N) is 3. The van der Waals surface area contributed by atoms with Crippen molar-refractivity contribution in [2.75, 3.05) is 7.11 Å². The van der Waals surface area contributed by atoms with Crippen LogP contribution in [0.4, 0.5) is 0 Å². The maximum atomic E-state index is 6.17. The third kappa shape index (κ3) is 2.04. The number of ether oxygens (including phenoxy) is 1. The fraction of sp³-hybridized carbons (Fsp3) is 0.250. The Labute approximate surface area is 114 Å². The van der Waals surface area contributed by atoms with Crippen LogP contribution in [-0.4, -0.2) is 22.1 Å². The number of hydrogen-bond acceptors (Lipinski definition) is 5. The maximum absolute atomic E-state index is 6.17. The molecule has 0 fully saturated rings. The van der Waals surface area contributed by atoms with Gasteiger partial charge in [0, 0.05) is 34.9 Å². The number of methoxy groups -OCH3 is 1. The van der Waals surface area contributed by atoms with E-state index in [-0.39, 0.29) is 0 Å². The predicted octanol–water partition coefficient (Wildman–Crippen LogP) is 2.95. The van der Waals surface area contributed by atoms with E-state index in [1.807, 2.05) is 6.07 Å². The van der Waals surface area contributed by atoms with Crippen LogP contribution >= 0.6 is 23.4 Å². The van der Waals surface area contributed by atoms with Crippen molar-refractivity contribution in [1.82, 2.24) is 15.0 Å². The number of rotatable bonds is 2. The summed E-state index contributed by atoms with van der Waals surface area (Å²) in [5.41, 5.74) is 2.94. The molecule has 0 aliphatic carbocycles. The summed E-state index contributed by atoms with van der Waals surface area (Å²) in [4.78, 5) is 13.0. The molecule has 0 spiro atoms. The highest BCUT2D eigenvalue weighted by atomic mass is 35.5. The van der Waals surface area contributed by atoms with Crippen molar-refractivity contribution in [2.45, 2.75) is 11.5 Å². The number of pyridine rings is 1. The molecule has 2 aromatic heterocycles. The average Bonchev–Trinajstić information content (AvgIpc) is 2.88. The van der Waals surface area contributed by atoms with Gasteiger partial charge in [-0.1, -0.05) is 11.6 Å². The Kier molecular flexibility index (Phi) is 3.09. The van der Waals surface area contributed by atoms with Gasteiger partial charge < -0.3 is 4.74 Å². The molecule has 2 aromatic rings. The standard InChI is InChI=1S/C12H10ClN3OS/c1-17-10-3-2-7(4-14-10)12-15-9-6-18-5-8(9)11(13)16-12/h2-4H,5-6H2,1H3. The smallest absolute Gasteiger partial charge is 0.212 e. The number of thioether (sulfide) groups is 1. The second-order valence-electron chi connectivity index (χ2n) is 3.85. The van der Waals surface area contributed by atoms with Gasteiger partial charge in [0.05, 0.1) is 12.8 Å². The summed E-state index contributed by atoms with van der Waals surface area (Å²) in [5, 5.41) is 0.552. The van der Waals surface area contributed by atoms with Crippen molar-refractivity contribution in [3.05, 3.63) is 34.7 Å². The maximum Gasteiger partial charge on any atom is 0.212 e. The molecule has 0 saturated heterocycles. The molecule has 18 heavy (non-hydrogen) atoms. The average molecular weight is 280 g/mol. The molecule has 4 nitrogen and oxygen atoms in total. The van der Waals surface area contributed by atoms with Crippen LogP contribution in [0.1, 0.15) is 11.3 Å². The van der Waals surface area contributed by atoms with Gasteiger partial charge in [-0.15, -0.1) is 0 Å². The van der Waals surface area contributed by atoms with Gasteiger partial charge in [0.1, 0.15) is 5.15 Å². The van der Waals surface area contributed by atoms with Gasteiger partial charge in [0.2, 0.25) is 5.88 Å². The summed E-state index contributed by atoms with van der Waals surface area (Å²) in [6.07, 6.45) is 1.69. The second kappa shape index (κ2) is 4.74. The monoisotopic (exact) mass is 279 g/mol. The molecular formula is C12H10ClN3OS. The zero-order chi connectivity index (χ0) is 12.5. The van der Waals surface area contributed by atoms with Crippen LogP contribution in [0.25, 0.3) is 11.4 Å². The van der Waals surface area contributed by atoms with Crippen LogP contribution < -0.4 is 4.74 Å². The molecule has 6 heteroatoms. The fourth-order valence-corrected chi connectivity index (χ4v) is 3.15. The lowest BCUT2D eigenvalue weighted by Gasteiger charge is -2.05. The predicted molar refractivity (Wildman–Crippen MR) is 71.8 cm³/mol. The SMILES string of the molecule is COc1ccc(-c2nc(Cl)c3c(n2)CSC3)cn1. The molecule has 0 unspecified atom stereocenters. The van der Waals surface area contributed by atoms with E-state index in [0.717, 1.165) is 28.3 Å². The van der Waals surface area contributed by atoms with Crippen LogP contribution in [0.5, 0.6) is 5.88 Å². The van der Waals surface area contributed by atoms with Gasteiger partial charge >= 0.3 is 0 Å². The minimum absolute atomic E-state index is 0.552. The molecule has 3 rings (SSSR count). The van der Waals surface area contributed by atoms with E-state index in [4.69, 9.17) is 16.3 Å². The number of halogens is 1. The molecule has 0 amide bonds.